The van der Waals surface area contributed by atoms with Gasteiger partial charge in [-0.05, 0) is 0 Å². The zero-order valence-electron chi connectivity index (χ0n) is 8.11. The molecule has 1 aliphatic heterocycles. The zero-order valence-corrected chi connectivity index (χ0v) is 8.11. The molecule has 0 aromatic rings. The topological polar surface area (TPSA) is 61.8 Å². The normalized spacial score (nSPS) is 21.8. The van der Waals surface area contributed by atoms with Crippen LogP contribution in [0, 0.1) is 0 Å². The highest BCUT2D eigenvalue weighted by Gasteiger charge is 2.25. The number of rotatable bonds is 3. The molecule has 2 N–H and O–H groups in total. The van der Waals surface area contributed by atoms with Crippen LogP contribution in [0.4, 0.5) is 4.79 Å². The van der Waals surface area contributed by atoms with E-state index in [0.717, 1.165) is 0 Å². The number of carbonyl (C=O) groups excluding carboxylic acids is 1. The number of hydrogen-bond acceptors (Lipinski definition) is 3. The molecule has 0 saturated carbocycles. The third-order valence-electron chi connectivity index (χ3n) is 2.10. The summed E-state index contributed by atoms with van der Waals surface area (Å²) in [5.74, 6) is 0. The Hall–Kier alpha value is -1.07. The fourth-order valence-electron chi connectivity index (χ4n) is 1.33. The smallest absolute Gasteiger partial charge is 0.318 e. The van der Waals surface area contributed by atoms with Crippen LogP contribution < -0.4 is 5.32 Å². The van der Waals surface area contributed by atoms with E-state index in [0.29, 0.717) is 26.3 Å². The molecular formula is C9H16N2O3. The van der Waals surface area contributed by atoms with E-state index in [2.05, 4.69) is 11.9 Å². The third-order valence-corrected chi connectivity index (χ3v) is 2.10. The summed E-state index contributed by atoms with van der Waals surface area (Å²) in [4.78, 5) is 13.1. The van der Waals surface area contributed by atoms with Gasteiger partial charge in [-0.1, -0.05) is 6.08 Å². The van der Waals surface area contributed by atoms with E-state index in [1.54, 1.807) is 11.0 Å². The summed E-state index contributed by atoms with van der Waals surface area (Å²) >= 11 is 0. The largest absolute Gasteiger partial charge is 0.394 e. The molecular weight excluding hydrogens is 184 g/mol. The Kier molecular flexibility index (Phi) is 4.42. The summed E-state index contributed by atoms with van der Waals surface area (Å²) in [6.45, 7) is 5.33. The van der Waals surface area contributed by atoms with E-state index in [9.17, 15) is 4.79 Å². The number of hydrogen-bond donors (Lipinski definition) is 2. The number of aliphatic hydroxyl groups is 1. The maximum absolute atomic E-state index is 11.5. The van der Waals surface area contributed by atoms with Crippen LogP contribution in [-0.4, -0.2) is 55.0 Å². The summed E-state index contributed by atoms with van der Waals surface area (Å²) < 4.78 is 5.16. The van der Waals surface area contributed by atoms with Crippen LogP contribution in [0.3, 0.4) is 0 Å². The number of morpholine rings is 1. The molecule has 5 nitrogen and oxygen atoms in total. The Balaban J connectivity index is 2.45. The molecule has 1 heterocycles. The van der Waals surface area contributed by atoms with Gasteiger partial charge in [0.05, 0.1) is 25.9 Å². The molecule has 0 aromatic heterocycles. The molecule has 0 radical (unpaired) electrons. The lowest BCUT2D eigenvalue weighted by Crippen LogP contribution is -2.53. The summed E-state index contributed by atoms with van der Waals surface area (Å²) in [5, 5.41) is 11.7. The van der Waals surface area contributed by atoms with Crippen molar-refractivity contribution in [1.29, 1.82) is 0 Å². The van der Waals surface area contributed by atoms with Gasteiger partial charge in [-0.2, -0.15) is 0 Å². The minimum atomic E-state index is -0.228. The van der Waals surface area contributed by atoms with Crippen LogP contribution in [0.15, 0.2) is 12.7 Å². The van der Waals surface area contributed by atoms with E-state index >= 15 is 0 Å². The third kappa shape index (κ3) is 2.71. The van der Waals surface area contributed by atoms with Crippen LogP contribution in [0.25, 0.3) is 0 Å². The van der Waals surface area contributed by atoms with Gasteiger partial charge in [0.25, 0.3) is 0 Å². The number of nitrogens with zero attached hydrogens (tertiary/aromatic N) is 1. The van der Waals surface area contributed by atoms with Gasteiger partial charge in [0.15, 0.2) is 0 Å². The van der Waals surface area contributed by atoms with Crippen LogP contribution in [0.1, 0.15) is 0 Å². The molecule has 0 aromatic carbocycles. The van der Waals surface area contributed by atoms with Gasteiger partial charge in [-0.15, -0.1) is 6.58 Å². The van der Waals surface area contributed by atoms with E-state index in [4.69, 9.17) is 9.84 Å². The van der Waals surface area contributed by atoms with Crippen molar-refractivity contribution < 1.29 is 14.6 Å². The van der Waals surface area contributed by atoms with Gasteiger partial charge in [0.1, 0.15) is 0 Å². The lowest BCUT2D eigenvalue weighted by atomic mass is 10.2. The van der Waals surface area contributed by atoms with Gasteiger partial charge in [0, 0.05) is 13.1 Å². The van der Waals surface area contributed by atoms with Gasteiger partial charge >= 0.3 is 6.03 Å². The Morgan fingerprint density at radius 3 is 3.21 bits per heavy atom. The van der Waals surface area contributed by atoms with Crippen molar-refractivity contribution >= 4 is 6.03 Å². The summed E-state index contributed by atoms with van der Waals surface area (Å²) in [7, 11) is 0. The molecule has 80 valence electrons. The zero-order chi connectivity index (χ0) is 10.4. The Bertz CT molecular complexity index is 208. The molecule has 0 spiro atoms. The highest BCUT2D eigenvalue weighted by atomic mass is 16.5. The second-order valence-corrected chi connectivity index (χ2v) is 3.08. The highest BCUT2D eigenvalue weighted by Crippen LogP contribution is 2.06. The number of urea groups is 1. The van der Waals surface area contributed by atoms with Gasteiger partial charge in [0.2, 0.25) is 0 Å². The quantitative estimate of drug-likeness (QED) is 0.608. The SMILES string of the molecule is C=CCNC(=O)N1CCOCC1CO. The molecule has 0 aliphatic carbocycles. The number of ether oxygens (including phenoxy) is 1. The molecule has 1 unspecified atom stereocenters. The van der Waals surface area contributed by atoms with Crippen LogP contribution >= 0.6 is 0 Å². The second kappa shape index (κ2) is 5.62. The van der Waals surface area contributed by atoms with Gasteiger partial charge in [-0.25, -0.2) is 4.79 Å². The molecule has 5 heteroatoms. The first-order valence-electron chi connectivity index (χ1n) is 4.63. The maximum atomic E-state index is 11.5. The van der Waals surface area contributed by atoms with Crippen molar-refractivity contribution in [3.8, 4) is 0 Å². The molecule has 1 atom stereocenters. The van der Waals surface area contributed by atoms with Crippen LogP contribution in [-0.2, 0) is 4.74 Å². The second-order valence-electron chi connectivity index (χ2n) is 3.08. The first-order valence-corrected chi connectivity index (χ1v) is 4.63. The first kappa shape index (κ1) is 11.0. The molecule has 2 amide bonds. The summed E-state index contributed by atoms with van der Waals surface area (Å²) in [6.07, 6.45) is 1.62. The highest BCUT2D eigenvalue weighted by molar-refractivity contribution is 5.74. The van der Waals surface area contributed by atoms with Crippen molar-refractivity contribution in [3.63, 3.8) is 0 Å². The fourth-order valence-corrected chi connectivity index (χ4v) is 1.33. The first-order chi connectivity index (χ1) is 6.79. The van der Waals surface area contributed by atoms with Crippen molar-refractivity contribution in [2.75, 3.05) is 32.9 Å². The van der Waals surface area contributed by atoms with Crippen molar-refractivity contribution in [3.05, 3.63) is 12.7 Å². The fraction of sp³-hybridized carbons (Fsp3) is 0.667. The van der Waals surface area contributed by atoms with Crippen molar-refractivity contribution in [2.45, 2.75) is 6.04 Å². The Labute approximate surface area is 83.3 Å². The summed E-state index contributed by atoms with van der Waals surface area (Å²) in [5.41, 5.74) is 0. The Morgan fingerprint density at radius 1 is 1.79 bits per heavy atom. The number of amides is 2. The minimum absolute atomic E-state index is 0.0679. The minimum Gasteiger partial charge on any atom is -0.394 e. The lowest BCUT2D eigenvalue weighted by molar-refractivity contribution is -0.00741. The van der Waals surface area contributed by atoms with E-state index < -0.39 is 0 Å². The van der Waals surface area contributed by atoms with Crippen LogP contribution in [0.5, 0.6) is 0 Å². The van der Waals surface area contributed by atoms with E-state index in [1.165, 1.54) is 0 Å². The van der Waals surface area contributed by atoms with E-state index in [-0.39, 0.29) is 18.7 Å². The lowest BCUT2D eigenvalue weighted by Gasteiger charge is -2.34. The predicted octanol–water partition coefficient (Wildman–Crippen LogP) is -0.425. The molecule has 1 fully saturated rings. The molecule has 1 saturated heterocycles. The maximum Gasteiger partial charge on any atom is 0.318 e. The monoisotopic (exact) mass is 200 g/mol. The molecule has 14 heavy (non-hydrogen) atoms. The number of nitrogens with one attached hydrogen (secondary N) is 1. The number of aliphatic hydroxyl groups excluding tert-OH is 1. The van der Waals surface area contributed by atoms with Gasteiger partial charge in [-0.3, -0.25) is 0 Å². The van der Waals surface area contributed by atoms with Crippen LogP contribution in [0.2, 0.25) is 0 Å². The van der Waals surface area contributed by atoms with Crippen molar-refractivity contribution in [1.82, 2.24) is 10.2 Å². The Morgan fingerprint density at radius 2 is 2.57 bits per heavy atom. The molecule has 1 rings (SSSR count). The standard InChI is InChI=1S/C9H16N2O3/c1-2-3-10-9(13)11-4-5-14-7-8(11)6-12/h2,8,12H,1,3-7H2,(H,10,13). The summed E-state index contributed by atoms with van der Waals surface area (Å²) in [6, 6.07) is -0.402. The molecule has 1 aliphatic rings. The average Bonchev–Trinajstić information content (AvgIpc) is 2.25. The predicted molar refractivity (Wildman–Crippen MR) is 52.0 cm³/mol. The van der Waals surface area contributed by atoms with Crippen molar-refractivity contribution in [2.24, 2.45) is 0 Å². The van der Waals surface area contributed by atoms with E-state index in [1.807, 2.05) is 0 Å². The molecule has 0 bridgehead atoms. The average molecular weight is 200 g/mol. The van der Waals surface area contributed by atoms with Gasteiger partial charge < -0.3 is 20.1 Å². The number of carbonyl (C=O) groups is 1.